The Kier molecular flexibility index (Phi) is 2.56. The molecule has 18 heavy (non-hydrogen) atoms. The van der Waals surface area contributed by atoms with Crippen LogP contribution >= 0.6 is 12.2 Å². The Morgan fingerprint density at radius 3 is 2.61 bits per heavy atom. The highest BCUT2D eigenvalue weighted by Gasteiger charge is 2.07. The van der Waals surface area contributed by atoms with Gasteiger partial charge in [0.05, 0.1) is 16.7 Å². The first-order valence-corrected chi connectivity index (χ1v) is 6.35. The zero-order chi connectivity index (χ0) is 12.7. The number of nitrogens with one attached hydrogen (secondary N) is 1. The minimum absolute atomic E-state index is 0.739. The van der Waals surface area contributed by atoms with Crippen molar-refractivity contribution in [2.45, 2.75) is 13.8 Å². The molecule has 0 radical (unpaired) electrons. The van der Waals surface area contributed by atoms with Crippen molar-refractivity contribution in [2.75, 3.05) is 0 Å². The predicted octanol–water partition coefficient (Wildman–Crippen LogP) is 4.30. The zero-order valence-corrected chi connectivity index (χ0v) is 11.2. The van der Waals surface area contributed by atoms with Crippen LogP contribution in [-0.4, -0.2) is 9.55 Å². The second-order valence-corrected chi connectivity index (χ2v) is 4.96. The van der Waals surface area contributed by atoms with E-state index in [0.717, 1.165) is 21.5 Å². The van der Waals surface area contributed by atoms with Crippen LogP contribution < -0.4 is 0 Å². The number of benzene rings is 2. The van der Waals surface area contributed by atoms with Gasteiger partial charge < -0.3 is 4.98 Å². The molecule has 0 saturated heterocycles. The fourth-order valence-electron chi connectivity index (χ4n) is 2.35. The summed E-state index contributed by atoms with van der Waals surface area (Å²) in [7, 11) is 0. The van der Waals surface area contributed by atoms with E-state index in [-0.39, 0.29) is 0 Å². The van der Waals surface area contributed by atoms with Gasteiger partial charge in [0.1, 0.15) is 0 Å². The maximum atomic E-state index is 5.43. The number of imidazole rings is 1. The molecule has 3 heteroatoms. The van der Waals surface area contributed by atoms with Gasteiger partial charge in [-0.15, -0.1) is 0 Å². The lowest BCUT2D eigenvalue weighted by Gasteiger charge is -2.09. The second kappa shape index (κ2) is 4.10. The summed E-state index contributed by atoms with van der Waals surface area (Å²) in [4.78, 5) is 3.25. The van der Waals surface area contributed by atoms with Gasteiger partial charge in [-0.05, 0) is 49.8 Å². The highest BCUT2D eigenvalue weighted by molar-refractivity contribution is 7.71. The Labute approximate surface area is 111 Å². The average molecular weight is 254 g/mol. The Balaban J connectivity index is 2.38. The molecule has 3 aromatic rings. The smallest absolute Gasteiger partial charge is 0.182 e. The van der Waals surface area contributed by atoms with Crippen molar-refractivity contribution in [1.29, 1.82) is 0 Å². The summed E-state index contributed by atoms with van der Waals surface area (Å²) in [6.07, 6.45) is 0. The third-order valence-electron chi connectivity index (χ3n) is 3.18. The van der Waals surface area contributed by atoms with Crippen LogP contribution in [0.3, 0.4) is 0 Å². The SMILES string of the molecule is Cc1ccc(-n2c(=S)[nH]c3ccccc32)c(C)c1. The van der Waals surface area contributed by atoms with Gasteiger partial charge in [0.2, 0.25) is 0 Å². The van der Waals surface area contributed by atoms with Crippen molar-refractivity contribution in [1.82, 2.24) is 9.55 Å². The van der Waals surface area contributed by atoms with Gasteiger partial charge >= 0.3 is 0 Å². The summed E-state index contributed by atoms with van der Waals surface area (Å²) in [6, 6.07) is 14.6. The minimum atomic E-state index is 0.739. The van der Waals surface area contributed by atoms with Gasteiger partial charge in [-0.3, -0.25) is 4.57 Å². The Hall–Kier alpha value is -1.87. The largest absolute Gasteiger partial charge is 0.330 e. The molecule has 1 N–H and O–H groups in total. The van der Waals surface area contributed by atoms with Gasteiger partial charge in [0, 0.05) is 0 Å². The number of rotatable bonds is 1. The maximum Gasteiger partial charge on any atom is 0.182 e. The van der Waals surface area contributed by atoms with E-state index in [1.807, 2.05) is 18.2 Å². The van der Waals surface area contributed by atoms with Crippen molar-refractivity contribution < 1.29 is 0 Å². The molecule has 1 heterocycles. The molecular weight excluding hydrogens is 240 g/mol. The van der Waals surface area contributed by atoms with Crippen LogP contribution in [0.5, 0.6) is 0 Å². The molecule has 0 aliphatic carbocycles. The fourth-order valence-corrected chi connectivity index (χ4v) is 2.66. The highest BCUT2D eigenvalue weighted by Crippen LogP contribution is 2.22. The summed E-state index contributed by atoms with van der Waals surface area (Å²) in [6.45, 7) is 4.22. The molecule has 2 nitrogen and oxygen atoms in total. The normalized spacial score (nSPS) is 11.0. The molecule has 1 aromatic heterocycles. The number of H-pyrrole nitrogens is 1. The van der Waals surface area contributed by atoms with Gasteiger partial charge in [0.25, 0.3) is 0 Å². The number of hydrogen-bond acceptors (Lipinski definition) is 1. The molecule has 0 fully saturated rings. The average Bonchev–Trinajstić information content (AvgIpc) is 2.66. The summed E-state index contributed by atoms with van der Waals surface area (Å²) in [5.41, 5.74) is 5.83. The van der Waals surface area contributed by atoms with Crippen LogP contribution in [0.1, 0.15) is 11.1 Å². The van der Waals surface area contributed by atoms with E-state index >= 15 is 0 Å². The van der Waals surface area contributed by atoms with Crippen molar-refractivity contribution >= 4 is 23.3 Å². The van der Waals surface area contributed by atoms with Gasteiger partial charge in [-0.25, -0.2) is 0 Å². The minimum Gasteiger partial charge on any atom is -0.330 e. The summed E-state index contributed by atoms with van der Waals surface area (Å²) < 4.78 is 2.84. The lowest BCUT2D eigenvalue weighted by Crippen LogP contribution is -1.97. The van der Waals surface area contributed by atoms with Crippen molar-refractivity contribution in [3.8, 4) is 5.69 Å². The lowest BCUT2D eigenvalue weighted by atomic mass is 10.1. The molecule has 3 rings (SSSR count). The monoisotopic (exact) mass is 254 g/mol. The van der Waals surface area contributed by atoms with Crippen LogP contribution in [-0.2, 0) is 0 Å². The molecule has 0 unspecified atom stereocenters. The van der Waals surface area contributed by atoms with E-state index in [9.17, 15) is 0 Å². The molecule has 0 aliphatic heterocycles. The maximum absolute atomic E-state index is 5.43. The van der Waals surface area contributed by atoms with Gasteiger partial charge in [-0.2, -0.15) is 0 Å². The molecule has 2 aromatic carbocycles. The first kappa shape index (κ1) is 11.2. The molecular formula is C15H14N2S. The van der Waals surface area contributed by atoms with Crippen molar-refractivity contribution in [2.24, 2.45) is 0 Å². The number of fused-ring (bicyclic) bond motifs is 1. The highest BCUT2D eigenvalue weighted by atomic mass is 32.1. The van der Waals surface area contributed by atoms with E-state index in [1.54, 1.807) is 0 Å². The molecule has 0 bridgehead atoms. The van der Waals surface area contributed by atoms with E-state index in [0.29, 0.717) is 0 Å². The standard InChI is InChI=1S/C15H14N2S/c1-10-7-8-13(11(2)9-10)17-14-6-4-3-5-12(14)16-15(17)18/h3-9H,1-2H3,(H,16,18). The predicted molar refractivity (Wildman–Crippen MR) is 77.9 cm³/mol. The first-order chi connectivity index (χ1) is 8.66. The van der Waals surface area contributed by atoms with E-state index in [1.165, 1.54) is 11.1 Å². The summed E-state index contributed by atoms with van der Waals surface area (Å²) in [5, 5.41) is 0. The molecule has 0 atom stereocenters. The first-order valence-electron chi connectivity index (χ1n) is 5.94. The van der Waals surface area contributed by atoms with Crippen LogP contribution in [0.15, 0.2) is 42.5 Å². The molecule has 0 spiro atoms. The molecule has 90 valence electrons. The third kappa shape index (κ3) is 1.68. The van der Waals surface area contributed by atoms with Gasteiger partial charge in [-0.1, -0.05) is 29.8 Å². The van der Waals surface area contributed by atoms with Crippen LogP contribution in [0.25, 0.3) is 16.7 Å². The lowest BCUT2D eigenvalue weighted by molar-refractivity contribution is 1.05. The Morgan fingerprint density at radius 2 is 1.83 bits per heavy atom. The topological polar surface area (TPSA) is 20.7 Å². The second-order valence-electron chi connectivity index (χ2n) is 4.57. The van der Waals surface area contributed by atoms with E-state index in [2.05, 4.69) is 47.7 Å². The number of aromatic nitrogens is 2. The summed E-state index contributed by atoms with van der Waals surface area (Å²) >= 11 is 5.43. The molecule has 0 amide bonds. The number of aromatic amines is 1. The van der Waals surface area contributed by atoms with Crippen molar-refractivity contribution in [3.63, 3.8) is 0 Å². The Bertz CT molecular complexity index is 781. The van der Waals surface area contributed by atoms with E-state index in [4.69, 9.17) is 12.2 Å². The zero-order valence-electron chi connectivity index (χ0n) is 10.4. The number of hydrogen-bond donors (Lipinski definition) is 1. The number of nitrogens with zero attached hydrogens (tertiary/aromatic N) is 1. The van der Waals surface area contributed by atoms with E-state index < -0.39 is 0 Å². The third-order valence-corrected chi connectivity index (χ3v) is 3.47. The van der Waals surface area contributed by atoms with Crippen LogP contribution in [0.2, 0.25) is 0 Å². The Morgan fingerprint density at radius 1 is 1.06 bits per heavy atom. The van der Waals surface area contributed by atoms with Crippen LogP contribution in [0.4, 0.5) is 0 Å². The molecule has 0 aliphatic rings. The van der Waals surface area contributed by atoms with Gasteiger partial charge in [0.15, 0.2) is 4.77 Å². The quantitative estimate of drug-likeness (QED) is 0.642. The fraction of sp³-hybridized carbons (Fsp3) is 0.133. The van der Waals surface area contributed by atoms with Crippen LogP contribution in [0, 0.1) is 18.6 Å². The summed E-state index contributed by atoms with van der Waals surface area (Å²) in [5.74, 6) is 0. The number of para-hydroxylation sites is 2. The number of aryl methyl sites for hydroxylation is 2. The van der Waals surface area contributed by atoms with Crippen molar-refractivity contribution in [3.05, 3.63) is 58.4 Å². The molecule has 0 saturated carbocycles.